The quantitative estimate of drug-likeness (QED) is 0.801. The molecular weight excluding hydrogens is 296 g/mol. The van der Waals surface area contributed by atoms with Crippen molar-refractivity contribution in [2.45, 2.75) is 36.8 Å². The van der Waals surface area contributed by atoms with Crippen LogP contribution in [-0.4, -0.2) is 17.1 Å². The highest BCUT2D eigenvalue weighted by molar-refractivity contribution is 7.99. The molecule has 0 aliphatic rings. The number of esters is 1. The molecule has 0 unspecified atom stereocenters. The van der Waals surface area contributed by atoms with Crippen LogP contribution < -0.4 is 0 Å². The van der Waals surface area contributed by atoms with Crippen LogP contribution in [0.2, 0.25) is 0 Å². The van der Waals surface area contributed by atoms with E-state index in [-0.39, 0.29) is 0 Å². The van der Waals surface area contributed by atoms with Gasteiger partial charge in [-0.3, -0.25) is 0 Å². The average Bonchev–Trinajstić information content (AvgIpc) is 2.51. The highest BCUT2D eigenvalue weighted by atomic mass is 32.2. The van der Waals surface area contributed by atoms with E-state index in [1.54, 1.807) is 18.3 Å². The predicted molar refractivity (Wildman–Crippen MR) is 84.8 cm³/mol. The number of carbonyl (C=O) groups excluding carboxylic acids is 1. The number of carbonyl (C=O) groups is 1. The topological polar surface area (TPSA) is 63.0 Å². The normalized spacial score (nSPS) is 11.5. The number of ether oxygens (including phenoxy) is 1. The first-order chi connectivity index (χ1) is 10.5. The number of hydrogen-bond acceptors (Lipinski definition) is 5. The minimum absolute atomic E-state index is 0.368. The van der Waals surface area contributed by atoms with Crippen molar-refractivity contribution in [2.75, 3.05) is 0 Å². The van der Waals surface area contributed by atoms with Crippen molar-refractivity contribution in [3.8, 4) is 6.07 Å². The molecule has 0 saturated heterocycles. The van der Waals surface area contributed by atoms with Gasteiger partial charge in [0.1, 0.15) is 11.1 Å². The van der Waals surface area contributed by atoms with E-state index in [9.17, 15) is 4.79 Å². The number of aromatic nitrogens is 1. The summed E-state index contributed by atoms with van der Waals surface area (Å²) in [5.74, 6) is -0.534. The Morgan fingerprint density at radius 3 is 2.77 bits per heavy atom. The molecule has 1 atom stereocenters. The summed E-state index contributed by atoms with van der Waals surface area (Å²) < 4.78 is 5.05. The maximum absolute atomic E-state index is 12.1. The molecule has 0 aliphatic carbocycles. The Labute approximate surface area is 134 Å². The molecule has 0 N–H and O–H groups in total. The van der Waals surface area contributed by atoms with E-state index in [0.29, 0.717) is 10.6 Å². The van der Waals surface area contributed by atoms with Crippen LogP contribution in [0.4, 0.5) is 0 Å². The second kappa shape index (κ2) is 7.10. The Bertz CT molecular complexity index is 738. The molecule has 112 valence electrons. The minimum Gasteiger partial charge on any atom is -0.444 e. The third kappa shape index (κ3) is 3.86. The lowest BCUT2D eigenvalue weighted by Crippen LogP contribution is -2.14. The van der Waals surface area contributed by atoms with Crippen molar-refractivity contribution < 1.29 is 9.53 Å². The second-order valence-electron chi connectivity index (χ2n) is 4.88. The number of hydrogen-bond donors (Lipinski definition) is 0. The van der Waals surface area contributed by atoms with Crippen molar-refractivity contribution in [1.82, 2.24) is 4.98 Å². The molecule has 1 aromatic heterocycles. The van der Waals surface area contributed by atoms with Gasteiger partial charge in [-0.25, -0.2) is 9.78 Å². The lowest BCUT2D eigenvalue weighted by molar-refractivity contribution is 0.0430. The van der Waals surface area contributed by atoms with E-state index in [4.69, 9.17) is 10.00 Å². The molecule has 0 fully saturated rings. The van der Waals surface area contributed by atoms with Crippen molar-refractivity contribution in [2.24, 2.45) is 0 Å². The van der Waals surface area contributed by atoms with Crippen molar-refractivity contribution >= 4 is 17.7 Å². The highest BCUT2D eigenvalue weighted by Gasteiger charge is 2.17. The fourth-order valence-corrected chi connectivity index (χ4v) is 2.74. The summed E-state index contributed by atoms with van der Waals surface area (Å²) >= 11 is 1.41. The van der Waals surface area contributed by atoms with Crippen LogP contribution in [0.25, 0.3) is 0 Å². The molecule has 4 nitrogen and oxygen atoms in total. The third-order valence-electron chi connectivity index (χ3n) is 3.15. The molecule has 2 aromatic rings. The van der Waals surface area contributed by atoms with Crippen LogP contribution in [0.5, 0.6) is 0 Å². The van der Waals surface area contributed by atoms with E-state index in [2.05, 4.69) is 18.0 Å². The fraction of sp³-hybridized carbons (Fsp3) is 0.235. The van der Waals surface area contributed by atoms with Gasteiger partial charge in [0.05, 0.1) is 5.56 Å². The van der Waals surface area contributed by atoms with E-state index in [0.717, 1.165) is 4.90 Å². The van der Waals surface area contributed by atoms with Gasteiger partial charge in [-0.1, -0.05) is 17.8 Å². The van der Waals surface area contributed by atoms with Crippen LogP contribution >= 0.6 is 11.8 Å². The van der Waals surface area contributed by atoms with Gasteiger partial charge in [0.2, 0.25) is 0 Å². The lowest BCUT2D eigenvalue weighted by Gasteiger charge is -2.10. The number of rotatable bonds is 4. The lowest BCUT2D eigenvalue weighted by atomic mass is 10.1. The van der Waals surface area contributed by atoms with E-state index in [1.165, 1.54) is 29.8 Å². The van der Waals surface area contributed by atoms with Gasteiger partial charge >= 0.3 is 5.97 Å². The van der Waals surface area contributed by atoms with Crippen LogP contribution in [0.3, 0.4) is 0 Å². The molecule has 0 saturated carbocycles. The summed E-state index contributed by atoms with van der Waals surface area (Å²) in [5, 5.41) is 9.31. The van der Waals surface area contributed by atoms with Gasteiger partial charge < -0.3 is 4.74 Å². The Morgan fingerprint density at radius 2 is 2.09 bits per heavy atom. The zero-order chi connectivity index (χ0) is 16.1. The summed E-state index contributed by atoms with van der Waals surface area (Å²) in [7, 11) is 0. The monoisotopic (exact) mass is 312 g/mol. The summed E-state index contributed by atoms with van der Waals surface area (Å²) in [4.78, 5) is 17.4. The summed E-state index contributed by atoms with van der Waals surface area (Å²) in [6, 6.07) is 11.3. The van der Waals surface area contributed by atoms with E-state index >= 15 is 0 Å². The van der Waals surface area contributed by atoms with Crippen LogP contribution in [0.15, 0.2) is 46.5 Å². The number of nitriles is 1. The number of aryl methyl sites for hydroxylation is 2. The predicted octanol–water partition coefficient (Wildman–Crippen LogP) is 3.92. The summed E-state index contributed by atoms with van der Waals surface area (Å²) in [5.41, 5.74) is 2.77. The van der Waals surface area contributed by atoms with Gasteiger partial charge in [0, 0.05) is 11.1 Å². The standard InChI is InChI=1S/C17H16N2O2S/c1-11-6-7-14(9-12(11)2)22-16-15(5-4-8-19-16)17(20)21-13(3)10-18/h4-9,13H,1-3H3/t13-/m0/s1. The Morgan fingerprint density at radius 1 is 1.32 bits per heavy atom. The third-order valence-corrected chi connectivity index (χ3v) is 4.16. The highest BCUT2D eigenvalue weighted by Crippen LogP contribution is 2.30. The van der Waals surface area contributed by atoms with Crippen molar-refractivity contribution in [3.05, 3.63) is 53.2 Å². The fourth-order valence-electron chi connectivity index (χ4n) is 1.77. The van der Waals surface area contributed by atoms with Gasteiger partial charge in [-0.05, 0) is 56.2 Å². The zero-order valence-electron chi connectivity index (χ0n) is 12.7. The molecule has 0 bridgehead atoms. The summed E-state index contributed by atoms with van der Waals surface area (Å²) in [6.45, 7) is 5.63. The molecule has 0 amide bonds. The smallest absolute Gasteiger partial charge is 0.342 e. The number of nitrogens with zero attached hydrogens (tertiary/aromatic N) is 2. The van der Waals surface area contributed by atoms with Crippen LogP contribution in [0, 0.1) is 25.2 Å². The first-order valence-corrected chi connectivity index (χ1v) is 7.63. The second-order valence-corrected chi connectivity index (χ2v) is 5.94. The van der Waals surface area contributed by atoms with E-state index < -0.39 is 12.1 Å². The Balaban J connectivity index is 2.26. The summed E-state index contributed by atoms with van der Waals surface area (Å²) in [6.07, 6.45) is 0.848. The number of pyridine rings is 1. The zero-order valence-corrected chi connectivity index (χ0v) is 13.5. The molecular formula is C17H16N2O2S. The van der Waals surface area contributed by atoms with E-state index in [1.807, 2.05) is 25.1 Å². The van der Waals surface area contributed by atoms with Crippen LogP contribution in [0.1, 0.15) is 28.4 Å². The molecule has 22 heavy (non-hydrogen) atoms. The van der Waals surface area contributed by atoms with Crippen molar-refractivity contribution in [3.63, 3.8) is 0 Å². The first-order valence-electron chi connectivity index (χ1n) is 6.82. The largest absolute Gasteiger partial charge is 0.444 e. The van der Waals surface area contributed by atoms with Crippen molar-refractivity contribution in [1.29, 1.82) is 5.26 Å². The molecule has 5 heteroatoms. The maximum Gasteiger partial charge on any atom is 0.342 e. The molecule has 1 aromatic carbocycles. The SMILES string of the molecule is Cc1ccc(Sc2ncccc2C(=O)O[C@@H](C)C#N)cc1C. The first kappa shape index (κ1) is 16.1. The van der Waals surface area contributed by atoms with Crippen LogP contribution in [-0.2, 0) is 4.74 Å². The van der Waals surface area contributed by atoms with Gasteiger partial charge in [0.15, 0.2) is 6.10 Å². The van der Waals surface area contributed by atoms with Gasteiger partial charge in [-0.15, -0.1) is 0 Å². The van der Waals surface area contributed by atoms with Gasteiger partial charge in [0.25, 0.3) is 0 Å². The number of benzene rings is 1. The minimum atomic E-state index is -0.785. The maximum atomic E-state index is 12.1. The Kier molecular flexibility index (Phi) is 5.18. The average molecular weight is 312 g/mol. The molecule has 0 aliphatic heterocycles. The Hall–Kier alpha value is -2.32. The molecule has 0 spiro atoms. The molecule has 1 heterocycles. The molecule has 2 rings (SSSR count). The molecule has 0 radical (unpaired) electrons. The van der Waals surface area contributed by atoms with Gasteiger partial charge in [-0.2, -0.15) is 5.26 Å².